The molecule has 0 atom stereocenters. The molecule has 0 unspecified atom stereocenters. The largest absolute Gasteiger partial charge is 0.338 e. The monoisotopic (exact) mass is 283 g/mol. The Morgan fingerprint density at radius 1 is 1.10 bits per heavy atom. The summed E-state index contributed by atoms with van der Waals surface area (Å²) in [5, 5.41) is 4.95. The Hall–Kier alpha value is -2.14. The van der Waals surface area contributed by atoms with Gasteiger partial charge in [-0.3, -0.25) is 0 Å². The molecule has 3 rings (SSSR count). The van der Waals surface area contributed by atoms with Crippen molar-refractivity contribution in [1.29, 1.82) is 0 Å². The van der Waals surface area contributed by atoms with Gasteiger partial charge in [-0.2, -0.15) is 4.98 Å². The SMILES string of the molecule is Cc1ccc(SCc2nc(-c3ccccc3)no2)nc1. The zero-order valence-corrected chi connectivity index (χ0v) is 11.8. The average Bonchev–Trinajstić information content (AvgIpc) is 2.97. The van der Waals surface area contributed by atoms with Crippen LogP contribution < -0.4 is 0 Å². The van der Waals surface area contributed by atoms with Crippen molar-refractivity contribution < 1.29 is 4.52 Å². The van der Waals surface area contributed by atoms with Crippen molar-refractivity contribution in [3.8, 4) is 11.4 Å². The maximum atomic E-state index is 5.25. The summed E-state index contributed by atoms with van der Waals surface area (Å²) in [6.45, 7) is 2.02. The summed E-state index contributed by atoms with van der Waals surface area (Å²) in [4.78, 5) is 8.72. The van der Waals surface area contributed by atoms with Gasteiger partial charge in [0.2, 0.25) is 11.7 Å². The van der Waals surface area contributed by atoms with Crippen LogP contribution in [0, 0.1) is 6.92 Å². The molecule has 0 amide bonds. The molecule has 0 radical (unpaired) electrons. The third-order valence-electron chi connectivity index (χ3n) is 2.73. The number of aryl methyl sites for hydroxylation is 1. The van der Waals surface area contributed by atoms with E-state index < -0.39 is 0 Å². The topological polar surface area (TPSA) is 51.8 Å². The van der Waals surface area contributed by atoms with E-state index in [2.05, 4.69) is 15.1 Å². The van der Waals surface area contributed by atoms with Crippen molar-refractivity contribution >= 4 is 11.8 Å². The van der Waals surface area contributed by atoms with E-state index in [1.54, 1.807) is 11.8 Å². The van der Waals surface area contributed by atoms with Crippen molar-refractivity contribution in [3.63, 3.8) is 0 Å². The summed E-state index contributed by atoms with van der Waals surface area (Å²) in [7, 11) is 0. The van der Waals surface area contributed by atoms with Crippen LogP contribution in [0.5, 0.6) is 0 Å². The summed E-state index contributed by atoms with van der Waals surface area (Å²) < 4.78 is 5.25. The molecule has 0 aliphatic rings. The first-order valence-electron chi connectivity index (χ1n) is 6.25. The van der Waals surface area contributed by atoms with Gasteiger partial charge in [0, 0.05) is 11.8 Å². The van der Waals surface area contributed by atoms with E-state index in [0.29, 0.717) is 17.5 Å². The molecule has 3 aromatic rings. The van der Waals surface area contributed by atoms with Gasteiger partial charge in [-0.25, -0.2) is 4.98 Å². The number of hydrogen-bond acceptors (Lipinski definition) is 5. The van der Waals surface area contributed by atoms with Gasteiger partial charge in [0.1, 0.15) is 0 Å². The number of thioether (sulfide) groups is 1. The fraction of sp³-hybridized carbons (Fsp3) is 0.133. The Morgan fingerprint density at radius 2 is 1.95 bits per heavy atom. The van der Waals surface area contributed by atoms with Gasteiger partial charge in [0.25, 0.3) is 0 Å². The van der Waals surface area contributed by atoms with Gasteiger partial charge in [-0.05, 0) is 18.6 Å². The van der Waals surface area contributed by atoms with Gasteiger partial charge in [-0.1, -0.05) is 53.3 Å². The van der Waals surface area contributed by atoms with E-state index in [9.17, 15) is 0 Å². The molecular formula is C15H13N3OS. The highest BCUT2D eigenvalue weighted by Crippen LogP contribution is 2.22. The van der Waals surface area contributed by atoms with Gasteiger partial charge in [0.05, 0.1) is 10.8 Å². The molecule has 20 heavy (non-hydrogen) atoms. The van der Waals surface area contributed by atoms with Crippen LogP contribution in [-0.2, 0) is 5.75 Å². The number of pyridine rings is 1. The first-order valence-corrected chi connectivity index (χ1v) is 7.23. The van der Waals surface area contributed by atoms with E-state index in [0.717, 1.165) is 16.2 Å². The minimum atomic E-state index is 0.608. The second-order valence-corrected chi connectivity index (χ2v) is 5.34. The van der Waals surface area contributed by atoms with E-state index in [-0.39, 0.29) is 0 Å². The summed E-state index contributed by atoms with van der Waals surface area (Å²) in [6.07, 6.45) is 1.85. The maximum absolute atomic E-state index is 5.25. The van der Waals surface area contributed by atoms with E-state index >= 15 is 0 Å². The molecule has 1 aromatic carbocycles. The summed E-state index contributed by atoms with van der Waals surface area (Å²) in [5.74, 6) is 1.85. The van der Waals surface area contributed by atoms with Crippen LogP contribution >= 0.6 is 11.8 Å². The summed E-state index contributed by atoms with van der Waals surface area (Å²) in [6, 6.07) is 13.8. The first kappa shape index (κ1) is 12.9. The number of hydrogen-bond donors (Lipinski definition) is 0. The standard InChI is InChI=1S/C15H13N3OS/c1-11-7-8-14(16-9-11)20-10-13-17-15(18-19-13)12-5-3-2-4-6-12/h2-9H,10H2,1H3. The number of rotatable bonds is 4. The lowest BCUT2D eigenvalue weighted by Gasteiger charge is -1.97. The lowest BCUT2D eigenvalue weighted by Crippen LogP contribution is -1.84. The Kier molecular flexibility index (Phi) is 3.78. The van der Waals surface area contributed by atoms with Gasteiger partial charge in [0.15, 0.2) is 0 Å². The molecular weight excluding hydrogens is 270 g/mol. The number of benzene rings is 1. The highest BCUT2D eigenvalue weighted by atomic mass is 32.2. The third-order valence-corrected chi connectivity index (χ3v) is 3.66. The molecule has 5 heteroatoms. The first-order chi connectivity index (χ1) is 9.81. The van der Waals surface area contributed by atoms with Gasteiger partial charge < -0.3 is 4.52 Å². The Bertz CT molecular complexity index is 680. The average molecular weight is 283 g/mol. The number of aromatic nitrogens is 3. The Labute approximate surface area is 121 Å². The fourth-order valence-corrected chi connectivity index (χ4v) is 2.37. The van der Waals surface area contributed by atoms with Crippen LogP contribution in [0.1, 0.15) is 11.5 Å². The van der Waals surface area contributed by atoms with Crippen molar-refractivity contribution in [2.45, 2.75) is 17.7 Å². The minimum absolute atomic E-state index is 0.608. The van der Waals surface area contributed by atoms with Crippen molar-refractivity contribution in [3.05, 3.63) is 60.1 Å². The van der Waals surface area contributed by atoms with Crippen LogP contribution in [0.4, 0.5) is 0 Å². The summed E-state index contributed by atoms with van der Waals surface area (Å²) >= 11 is 1.58. The molecule has 0 spiro atoms. The van der Waals surface area contributed by atoms with Crippen LogP contribution in [0.3, 0.4) is 0 Å². The number of nitrogens with zero attached hydrogens (tertiary/aromatic N) is 3. The van der Waals surface area contributed by atoms with E-state index in [4.69, 9.17) is 4.52 Å². The predicted molar refractivity (Wildman–Crippen MR) is 78.3 cm³/mol. The molecule has 0 bridgehead atoms. The molecule has 0 fully saturated rings. The smallest absolute Gasteiger partial charge is 0.237 e. The molecule has 0 saturated carbocycles. The lowest BCUT2D eigenvalue weighted by molar-refractivity contribution is 0.391. The Balaban J connectivity index is 1.67. The van der Waals surface area contributed by atoms with Crippen molar-refractivity contribution in [2.24, 2.45) is 0 Å². The highest BCUT2D eigenvalue weighted by molar-refractivity contribution is 7.98. The summed E-state index contributed by atoms with van der Waals surface area (Å²) in [5.41, 5.74) is 2.11. The van der Waals surface area contributed by atoms with Crippen LogP contribution in [-0.4, -0.2) is 15.1 Å². The van der Waals surface area contributed by atoms with Crippen molar-refractivity contribution in [2.75, 3.05) is 0 Å². The molecule has 2 heterocycles. The molecule has 0 N–H and O–H groups in total. The lowest BCUT2D eigenvalue weighted by atomic mass is 10.2. The second-order valence-electron chi connectivity index (χ2n) is 4.34. The minimum Gasteiger partial charge on any atom is -0.338 e. The third kappa shape index (κ3) is 3.05. The fourth-order valence-electron chi connectivity index (χ4n) is 1.69. The molecule has 2 aromatic heterocycles. The molecule has 4 nitrogen and oxygen atoms in total. The Morgan fingerprint density at radius 3 is 2.70 bits per heavy atom. The van der Waals surface area contributed by atoms with Gasteiger partial charge >= 0.3 is 0 Å². The van der Waals surface area contributed by atoms with E-state index in [1.807, 2.05) is 55.6 Å². The molecule has 100 valence electrons. The van der Waals surface area contributed by atoms with Crippen LogP contribution in [0.25, 0.3) is 11.4 Å². The van der Waals surface area contributed by atoms with Crippen LogP contribution in [0.2, 0.25) is 0 Å². The highest BCUT2D eigenvalue weighted by Gasteiger charge is 2.08. The molecule has 0 saturated heterocycles. The van der Waals surface area contributed by atoms with Crippen molar-refractivity contribution in [1.82, 2.24) is 15.1 Å². The quantitative estimate of drug-likeness (QED) is 0.683. The molecule has 0 aliphatic heterocycles. The maximum Gasteiger partial charge on any atom is 0.237 e. The zero-order valence-electron chi connectivity index (χ0n) is 11.0. The zero-order chi connectivity index (χ0) is 13.8. The van der Waals surface area contributed by atoms with E-state index in [1.165, 1.54) is 0 Å². The normalized spacial score (nSPS) is 10.7. The molecule has 0 aliphatic carbocycles. The second kappa shape index (κ2) is 5.88. The predicted octanol–water partition coefficient (Wildman–Crippen LogP) is 3.73. The van der Waals surface area contributed by atoms with Gasteiger partial charge in [-0.15, -0.1) is 0 Å². The van der Waals surface area contributed by atoms with Crippen LogP contribution in [0.15, 0.2) is 58.2 Å².